The fourth-order valence-corrected chi connectivity index (χ4v) is 6.62. The molecule has 2 heterocycles. The van der Waals surface area contributed by atoms with Crippen molar-refractivity contribution in [3.63, 3.8) is 0 Å². The molecule has 0 bridgehead atoms. The van der Waals surface area contributed by atoms with E-state index >= 15 is 0 Å². The molecule has 0 aliphatic carbocycles. The van der Waals surface area contributed by atoms with Crippen molar-refractivity contribution < 1.29 is 22.7 Å². The molecule has 1 aromatic heterocycles. The second-order valence-electron chi connectivity index (χ2n) is 10.2. The molecule has 230 valence electrons. The average Bonchev–Trinajstić information content (AvgIpc) is 3.45. The summed E-state index contributed by atoms with van der Waals surface area (Å²) in [6.07, 6.45) is 1.86. The second kappa shape index (κ2) is 13.6. The largest absolute Gasteiger partial charge is 0.494 e. The number of carbonyl (C=O) groups is 2. The molecule has 44 heavy (non-hydrogen) atoms. The summed E-state index contributed by atoms with van der Waals surface area (Å²) in [7, 11) is -0.707. The summed E-state index contributed by atoms with van der Waals surface area (Å²) in [4.78, 5) is 28.2. The fourth-order valence-electron chi connectivity index (χ4n) is 4.87. The molecule has 0 saturated carbocycles. The SMILES string of the molecule is CCOc1ccc(-n2c(CNC(=O)c3ccc(S(=O)(=O)N(C)C)cc3)nnc2SCC(=O)N2CCCc3ccccc32)cc1. The zero-order chi connectivity index (χ0) is 31.3. The van der Waals surface area contributed by atoms with Gasteiger partial charge < -0.3 is 15.0 Å². The molecule has 13 heteroatoms. The molecule has 1 N–H and O–H groups in total. The van der Waals surface area contributed by atoms with E-state index in [-0.39, 0.29) is 23.1 Å². The molecule has 0 radical (unpaired) electrons. The van der Waals surface area contributed by atoms with Crippen LogP contribution in [0.3, 0.4) is 0 Å². The Labute approximate surface area is 261 Å². The number of nitrogens with zero attached hydrogens (tertiary/aromatic N) is 5. The van der Waals surface area contributed by atoms with Crippen molar-refractivity contribution in [1.82, 2.24) is 24.4 Å². The van der Waals surface area contributed by atoms with Crippen LogP contribution < -0.4 is 15.0 Å². The Morgan fingerprint density at radius 2 is 1.73 bits per heavy atom. The van der Waals surface area contributed by atoms with E-state index in [0.29, 0.717) is 35.4 Å². The number of sulfonamides is 1. The Kier molecular flexibility index (Phi) is 9.67. The van der Waals surface area contributed by atoms with Gasteiger partial charge in [0.05, 0.1) is 23.8 Å². The van der Waals surface area contributed by atoms with Gasteiger partial charge in [-0.25, -0.2) is 12.7 Å². The molecule has 4 aromatic rings. The number of carbonyl (C=O) groups excluding carboxylic acids is 2. The summed E-state index contributed by atoms with van der Waals surface area (Å²) >= 11 is 1.28. The predicted molar refractivity (Wildman–Crippen MR) is 169 cm³/mol. The van der Waals surface area contributed by atoms with Gasteiger partial charge in [-0.2, -0.15) is 0 Å². The Balaban J connectivity index is 1.34. The lowest BCUT2D eigenvalue weighted by Gasteiger charge is -2.29. The Bertz CT molecular complexity index is 1740. The Morgan fingerprint density at radius 1 is 1.00 bits per heavy atom. The summed E-state index contributed by atoms with van der Waals surface area (Å²) < 4.78 is 33.3. The molecule has 0 unspecified atom stereocenters. The number of ether oxygens (including phenoxy) is 1. The van der Waals surface area contributed by atoms with Crippen molar-refractivity contribution in [2.45, 2.75) is 36.4 Å². The highest BCUT2D eigenvalue weighted by Gasteiger charge is 2.24. The van der Waals surface area contributed by atoms with E-state index in [1.165, 1.54) is 55.7 Å². The summed E-state index contributed by atoms with van der Waals surface area (Å²) in [6.45, 7) is 3.16. The van der Waals surface area contributed by atoms with Crippen LogP contribution in [0.5, 0.6) is 5.75 Å². The molecular formula is C31H34N6O5S2. The number of aromatic nitrogens is 3. The predicted octanol–water partition coefficient (Wildman–Crippen LogP) is 3.92. The maximum atomic E-state index is 13.3. The van der Waals surface area contributed by atoms with E-state index < -0.39 is 15.9 Å². The van der Waals surface area contributed by atoms with Gasteiger partial charge in [-0.05, 0) is 79.9 Å². The quantitative estimate of drug-likeness (QED) is 0.246. The number of para-hydroxylation sites is 1. The summed E-state index contributed by atoms with van der Waals surface area (Å²) in [5, 5.41) is 12.1. The average molecular weight is 635 g/mol. The van der Waals surface area contributed by atoms with Crippen molar-refractivity contribution >= 4 is 39.3 Å². The highest BCUT2D eigenvalue weighted by atomic mass is 32.2. The lowest BCUT2D eigenvalue weighted by Crippen LogP contribution is -2.36. The maximum absolute atomic E-state index is 13.3. The number of benzene rings is 3. The first-order valence-corrected chi connectivity index (χ1v) is 16.6. The van der Waals surface area contributed by atoms with E-state index in [2.05, 4.69) is 21.6 Å². The van der Waals surface area contributed by atoms with Crippen LogP contribution in [0.4, 0.5) is 5.69 Å². The van der Waals surface area contributed by atoms with Crippen LogP contribution in [-0.4, -0.2) is 72.3 Å². The van der Waals surface area contributed by atoms with Crippen LogP contribution >= 0.6 is 11.8 Å². The molecule has 2 amide bonds. The smallest absolute Gasteiger partial charge is 0.251 e. The van der Waals surface area contributed by atoms with Crippen LogP contribution in [0.25, 0.3) is 5.69 Å². The van der Waals surface area contributed by atoms with Gasteiger partial charge in [-0.1, -0.05) is 30.0 Å². The summed E-state index contributed by atoms with van der Waals surface area (Å²) in [6, 6.07) is 21.1. The molecule has 1 aliphatic rings. The van der Waals surface area contributed by atoms with Gasteiger partial charge in [-0.3, -0.25) is 14.2 Å². The minimum atomic E-state index is -3.61. The molecule has 11 nitrogen and oxygen atoms in total. The third-order valence-electron chi connectivity index (χ3n) is 7.14. The topological polar surface area (TPSA) is 127 Å². The monoisotopic (exact) mass is 634 g/mol. The van der Waals surface area contributed by atoms with E-state index in [4.69, 9.17) is 4.74 Å². The van der Waals surface area contributed by atoms with Crippen molar-refractivity contribution in [2.75, 3.05) is 37.9 Å². The summed E-state index contributed by atoms with van der Waals surface area (Å²) in [5.41, 5.74) is 3.17. The molecular weight excluding hydrogens is 601 g/mol. The molecule has 3 aromatic carbocycles. The van der Waals surface area contributed by atoms with Gasteiger partial charge >= 0.3 is 0 Å². The minimum Gasteiger partial charge on any atom is -0.494 e. The number of hydrogen-bond acceptors (Lipinski definition) is 8. The van der Waals surface area contributed by atoms with Gasteiger partial charge in [0.25, 0.3) is 5.91 Å². The third-order valence-corrected chi connectivity index (χ3v) is 9.89. The molecule has 0 saturated heterocycles. The standard InChI is InChI=1S/C31H34N6O5S2/c1-4-42-25-15-13-24(14-16-25)37-28(20-32-30(39)23-11-17-26(18-12-23)44(40,41)35(2)3)33-34-31(37)43-21-29(38)36-19-7-9-22-8-5-6-10-27(22)36/h5-6,8,10-18H,4,7,9,19-21H2,1-3H3,(H,32,39). The van der Waals surface area contributed by atoms with Gasteiger partial charge in [0.2, 0.25) is 15.9 Å². The third kappa shape index (κ3) is 6.79. The van der Waals surface area contributed by atoms with Crippen LogP contribution in [-0.2, 0) is 27.8 Å². The number of fused-ring (bicyclic) bond motifs is 1. The van der Waals surface area contributed by atoms with Crippen LogP contribution in [0.2, 0.25) is 0 Å². The molecule has 0 fully saturated rings. The number of aryl methyl sites for hydroxylation is 1. The van der Waals surface area contributed by atoms with Gasteiger partial charge in [0.15, 0.2) is 11.0 Å². The lowest BCUT2D eigenvalue weighted by atomic mass is 10.0. The highest BCUT2D eigenvalue weighted by molar-refractivity contribution is 7.99. The molecule has 1 aliphatic heterocycles. The number of nitrogens with one attached hydrogen (secondary N) is 1. The zero-order valence-electron chi connectivity index (χ0n) is 24.8. The van der Waals surface area contributed by atoms with Gasteiger partial charge in [-0.15, -0.1) is 10.2 Å². The van der Waals surface area contributed by atoms with Crippen molar-refractivity contribution in [1.29, 1.82) is 0 Å². The summed E-state index contributed by atoms with van der Waals surface area (Å²) in [5.74, 6) is 0.934. The Morgan fingerprint density at radius 3 is 2.43 bits per heavy atom. The van der Waals surface area contributed by atoms with Gasteiger partial charge in [0, 0.05) is 37.6 Å². The number of thioether (sulfide) groups is 1. The molecule has 5 rings (SSSR count). The lowest BCUT2D eigenvalue weighted by molar-refractivity contribution is -0.116. The van der Waals surface area contributed by atoms with Crippen molar-refractivity contribution in [3.05, 3.63) is 89.7 Å². The van der Waals surface area contributed by atoms with E-state index in [9.17, 15) is 18.0 Å². The van der Waals surface area contributed by atoms with E-state index in [0.717, 1.165) is 28.5 Å². The number of anilines is 1. The van der Waals surface area contributed by atoms with Crippen molar-refractivity contribution in [3.8, 4) is 11.4 Å². The van der Waals surface area contributed by atoms with Crippen LogP contribution in [0.15, 0.2) is 82.8 Å². The Hall–Kier alpha value is -4.20. The van der Waals surface area contributed by atoms with Gasteiger partial charge in [0.1, 0.15) is 5.75 Å². The van der Waals surface area contributed by atoms with E-state index in [1.54, 1.807) is 0 Å². The zero-order valence-corrected chi connectivity index (χ0v) is 26.4. The van der Waals surface area contributed by atoms with E-state index in [1.807, 2.05) is 58.9 Å². The number of amides is 2. The van der Waals surface area contributed by atoms with Crippen LogP contribution in [0, 0.1) is 0 Å². The highest BCUT2D eigenvalue weighted by Crippen LogP contribution is 2.29. The second-order valence-corrected chi connectivity index (χ2v) is 13.3. The van der Waals surface area contributed by atoms with Crippen LogP contribution in [0.1, 0.15) is 35.1 Å². The fraction of sp³-hybridized carbons (Fsp3) is 0.290. The number of rotatable bonds is 11. The minimum absolute atomic E-state index is 0.0158. The first-order chi connectivity index (χ1) is 21.2. The molecule has 0 spiro atoms. The maximum Gasteiger partial charge on any atom is 0.251 e. The molecule has 0 atom stereocenters. The normalized spacial score (nSPS) is 13.0. The first kappa shape index (κ1) is 31.2. The first-order valence-electron chi connectivity index (χ1n) is 14.2. The number of hydrogen-bond donors (Lipinski definition) is 1. The van der Waals surface area contributed by atoms with Crippen molar-refractivity contribution in [2.24, 2.45) is 0 Å².